The average Bonchev–Trinajstić information content (AvgIpc) is 3.38. The van der Waals surface area contributed by atoms with Gasteiger partial charge in [-0.2, -0.15) is 5.10 Å². The van der Waals surface area contributed by atoms with E-state index >= 15 is 0 Å². The van der Waals surface area contributed by atoms with Gasteiger partial charge in [-0.05, 0) is 50.1 Å². The van der Waals surface area contributed by atoms with Crippen molar-refractivity contribution in [3.05, 3.63) is 72.4 Å². The van der Waals surface area contributed by atoms with E-state index < -0.39 is 6.10 Å². The molecule has 0 saturated carbocycles. The fourth-order valence-electron chi connectivity index (χ4n) is 3.62. The number of rotatable bonds is 6. The van der Waals surface area contributed by atoms with Crippen molar-refractivity contribution in [1.82, 2.24) is 14.7 Å². The summed E-state index contributed by atoms with van der Waals surface area (Å²) in [5.74, 6) is 0.656. The Morgan fingerprint density at radius 3 is 2.88 bits per heavy atom. The largest absolute Gasteiger partial charge is 0.467 e. The smallest absolute Gasteiger partial charge is 0.132 e. The van der Waals surface area contributed by atoms with E-state index in [4.69, 9.17) is 4.42 Å². The number of furan rings is 1. The van der Waals surface area contributed by atoms with Gasteiger partial charge in [-0.3, -0.25) is 4.90 Å². The first kappa shape index (κ1) is 16.1. The summed E-state index contributed by atoms with van der Waals surface area (Å²) in [5, 5.41) is 14.9. The number of benzene rings is 1. The first-order valence-electron chi connectivity index (χ1n) is 8.84. The van der Waals surface area contributed by atoms with Gasteiger partial charge >= 0.3 is 0 Å². The summed E-state index contributed by atoms with van der Waals surface area (Å²) in [6.45, 7) is 1.93. The van der Waals surface area contributed by atoms with Crippen LogP contribution in [0, 0.1) is 0 Å². The lowest BCUT2D eigenvalue weighted by Crippen LogP contribution is -2.30. The number of nitrogens with zero attached hydrogens (tertiary/aromatic N) is 3. The van der Waals surface area contributed by atoms with Gasteiger partial charge in [-0.15, -0.1) is 0 Å². The van der Waals surface area contributed by atoms with E-state index in [0.29, 0.717) is 18.2 Å². The van der Waals surface area contributed by atoms with Gasteiger partial charge in [0.25, 0.3) is 0 Å². The molecule has 0 spiro atoms. The highest BCUT2D eigenvalue weighted by molar-refractivity contribution is 5.30. The molecule has 0 bridgehead atoms. The Labute approximate surface area is 147 Å². The molecule has 0 radical (unpaired) electrons. The number of hydrogen-bond acceptors (Lipinski definition) is 4. The van der Waals surface area contributed by atoms with Crippen LogP contribution in [0.3, 0.4) is 0 Å². The molecule has 3 heterocycles. The van der Waals surface area contributed by atoms with E-state index in [2.05, 4.69) is 28.3 Å². The Balaban J connectivity index is 1.41. The predicted molar refractivity (Wildman–Crippen MR) is 95.3 cm³/mol. The third-order valence-electron chi connectivity index (χ3n) is 4.91. The number of para-hydroxylation sites is 1. The lowest BCUT2D eigenvalue weighted by molar-refractivity contribution is 0.0995. The highest BCUT2D eigenvalue weighted by Gasteiger charge is 2.28. The van der Waals surface area contributed by atoms with E-state index in [1.807, 2.05) is 41.2 Å². The molecule has 1 aliphatic heterocycles. The molecule has 1 N–H and O–H groups in total. The van der Waals surface area contributed by atoms with E-state index in [0.717, 1.165) is 25.2 Å². The molecule has 4 rings (SSSR count). The minimum atomic E-state index is -0.535. The van der Waals surface area contributed by atoms with Gasteiger partial charge in [0.1, 0.15) is 11.9 Å². The van der Waals surface area contributed by atoms with Gasteiger partial charge in [0.2, 0.25) is 0 Å². The molecule has 2 aromatic heterocycles. The van der Waals surface area contributed by atoms with Crippen LogP contribution in [0.25, 0.3) is 5.69 Å². The zero-order valence-corrected chi connectivity index (χ0v) is 14.2. The second-order valence-electron chi connectivity index (χ2n) is 6.66. The van der Waals surface area contributed by atoms with E-state index in [-0.39, 0.29) is 0 Å². The lowest BCUT2D eigenvalue weighted by Gasteiger charge is -2.25. The molecule has 5 heteroatoms. The maximum atomic E-state index is 10.4. The zero-order valence-electron chi connectivity index (χ0n) is 14.2. The molecule has 1 aliphatic rings. The van der Waals surface area contributed by atoms with Crippen molar-refractivity contribution in [3.63, 3.8) is 0 Å². The quantitative estimate of drug-likeness (QED) is 0.747. The van der Waals surface area contributed by atoms with Crippen molar-refractivity contribution < 1.29 is 9.52 Å². The van der Waals surface area contributed by atoms with Gasteiger partial charge < -0.3 is 9.52 Å². The van der Waals surface area contributed by atoms with Crippen LogP contribution >= 0.6 is 0 Å². The molecule has 1 saturated heterocycles. The monoisotopic (exact) mass is 337 g/mol. The van der Waals surface area contributed by atoms with Crippen LogP contribution in [0.4, 0.5) is 0 Å². The molecule has 0 amide bonds. The van der Waals surface area contributed by atoms with Crippen LogP contribution in [-0.2, 0) is 6.54 Å². The zero-order chi connectivity index (χ0) is 17.1. The van der Waals surface area contributed by atoms with Gasteiger partial charge in [0.15, 0.2) is 0 Å². The molecular weight excluding hydrogens is 314 g/mol. The fraction of sp³-hybridized carbons (Fsp3) is 0.350. The van der Waals surface area contributed by atoms with Crippen molar-refractivity contribution in [2.24, 2.45) is 0 Å². The van der Waals surface area contributed by atoms with Gasteiger partial charge in [-0.1, -0.05) is 18.2 Å². The molecule has 5 nitrogen and oxygen atoms in total. The van der Waals surface area contributed by atoms with Crippen LogP contribution < -0.4 is 0 Å². The summed E-state index contributed by atoms with van der Waals surface area (Å²) in [4.78, 5) is 2.44. The van der Waals surface area contributed by atoms with Crippen molar-refractivity contribution in [3.8, 4) is 5.69 Å². The number of likely N-dealkylation sites (tertiary alicyclic amines) is 1. The summed E-state index contributed by atoms with van der Waals surface area (Å²) in [6.07, 6.45) is 8.10. The molecule has 1 fully saturated rings. The van der Waals surface area contributed by atoms with Crippen LogP contribution in [0.5, 0.6) is 0 Å². The number of hydrogen-bond donors (Lipinski definition) is 1. The maximum absolute atomic E-state index is 10.4. The van der Waals surface area contributed by atoms with Crippen LogP contribution in [-0.4, -0.2) is 32.4 Å². The number of aliphatic hydroxyl groups excluding tert-OH is 1. The van der Waals surface area contributed by atoms with Gasteiger partial charge in [0.05, 0.1) is 18.1 Å². The first-order valence-corrected chi connectivity index (χ1v) is 8.84. The standard InChI is InChI=1S/C20H23N3O2/c24-19(20-9-5-11-25-20)12-18-8-4-10-22(18)14-16-13-21-23(15-16)17-6-2-1-3-7-17/h1-3,5-7,9,11,13,15,18-19,24H,4,8,10,12,14H2. The highest BCUT2D eigenvalue weighted by Crippen LogP contribution is 2.28. The van der Waals surface area contributed by atoms with Crippen LogP contribution in [0.2, 0.25) is 0 Å². The average molecular weight is 337 g/mol. The minimum Gasteiger partial charge on any atom is -0.467 e. The normalized spacial score (nSPS) is 19.3. The van der Waals surface area contributed by atoms with E-state index in [1.54, 1.807) is 6.26 Å². The Bertz CT molecular complexity index is 782. The fourth-order valence-corrected chi connectivity index (χ4v) is 3.62. The second-order valence-corrected chi connectivity index (χ2v) is 6.66. The van der Waals surface area contributed by atoms with Gasteiger partial charge in [-0.25, -0.2) is 4.68 Å². The molecule has 1 aromatic carbocycles. The molecule has 2 atom stereocenters. The predicted octanol–water partition coefficient (Wildman–Crippen LogP) is 3.55. The van der Waals surface area contributed by atoms with Crippen LogP contribution in [0.1, 0.15) is 36.7 Å². The Kier molecular flexibility index (Phi) is 4.68. The molecule has 2 unspecified atom stereocenters. The maximum Gasteiger partial charge on any atom is 0.132 e. The molecule has 0 aliphatic carbocycles. The summed E-state index contributed by atoms with van der Waals surface area (Å²) < 4.78 is 7.24. The first-order chi connectivity index (χ1) is 12.3. The Hall–Kier alpha value is -2.37. The number of aromatic nitrogens is 2. The SMILES string of the molecule is OC(CC1CCCN1Cc1cnn(-c2ccccc2)c1)c1ccco1. The molecule has 3 aromatic rings. The molecule has 130 valence electrons. The third-order valence-corrected chi connectivity index (χ3v) is 4.91. The third kappa shape index (κ3) is 3.67. The Morgan fingerprint density at radius 1 is 1.20 bits per heavy atom. The summed E-state index contributed by atoms with van der Waals surface area (Å²) in [6, 6.07) is 14.2. The number of aliphatic hydroxyl groups is 1. The second kappa shape index (κ2) is 7.25. The van der Waals surface area contributed by atoms with Crippen LogP contribution in [0.15, 0.2) is 65.5 Å². The molecular formula is C20H23N3O2. The Morgan fingerprint density at radius 2 is 2.08 bits per heavy atom. The summed E-state index contributed by atoms with van der Waals surface area (Å²) in [5.41, 5.74) is 2.27. The summed E-state index contributed by atoms with van der Waals surface area (Å²) >= 11 is 0. The molecule has 25 heavy (non-hydrogen) atoms. The van der Waals surface area contributed by atoms with Crippen molar-refractivity contribution in [2.75, 3.05) is 6.54 Å². The highest BCUT2D eigenvalue weighted by atomic mass is 16.4. The van der Waals surface area contributed by atoms with Gasteiger partial charge in [0, 0.05) is 24.3 Å². The van der Waals surface area contributed by atoms with Crippen molar-refractivity contribution in [2.45, 2.75) is 38.0 Å². The lowest BCUT2D eigenvalue weighted by atomic mass is 10.0. The van der Waals surface area contributed by atoms with E-state index in [9.17, 15) is 5.11 Å². The van der Waals surface area contributed by atoms with Crippen molar-refractivity contribution >= 4 is 0 Å². The summed E-state index contributed by atoms with van der Waals surface area (Å²) in [7, 11) is 0. The van der Waals surface area contributed by atoms with E-state index in [1.165, 1.54) is 12.0 Å². The minimum absolute atomic E-state index is 0.375. The topological polar surface area (TPSA) is 54.4 Å². The van der Waals surface area contributed by atoms with Crippen molar-refractivity contribution in [1.29, 1.82) is 0 Å².